The Morgan fingerprint density at radius 1 is 1.38 bits per heavy atom. The second-order valence-corrected chi connectivity index (χ2v) is 4.26. The summed E-state index contributed by atoms with van der Waals surface area (Å²) in [6.45, 7) is 1.77. The number of aryl methyl sites for hydroxylation is 1. The number of amides is 1. The highest BCUT2D eigenvalue weighted by Crippen LogP contribution is 2.23. The second-order valence-electron chi connectivity index (χ2n) is 4.26. The van der Waals surface area contributed by atoms with Crippen molar-refractivity contribution in [3.8, 4) is 0 Å². The van der Waals surface area contributed by atoms with Gasteiger partial charge in [0.05, 0.1) is 4.92 Å². The van der Waals surface area contributed by atoms with Crippen molar-refractivity contribution in [2.75, 3.05) is 10.7 Å². The zero-order valence-electron chi connectivity index (χ0n) is 11.2. The number of aromatic nitrogens is 1. The number of nitrogens with zero attached hydrogens (tertiary/aromatic N) is 2. The van der Waals surface area contributed by atoms with E-state index < -0.39 is 10.8 Å². The normalized spacial score (nSPS) is 10.0. The second kappa shape index (κ2) is 5.97. The van der Waals surface area contributed by atoms with Gasteiger partial charge >= 0.3 is 0 Å². The number of benzene rings is 1. The minimum Gasteiger partial charge on any atom is -0.324 e. The zero-order valence-corrected chi connectivity index (χ0v) is 11.2. The molecule has 8 nitrogen and oxygen atoms in total. The maximum absolute atomic E-state index is 12.2. The van der Waals surface area contributed by atoms with Crippen LogP contribution in [0.15, 0.2) is 36.5 Å². The summed E-state index contributed by atoms with van der Waals surface area (Å²) in [5, 5.41) is 13.6. The van der Waals surface area contributed by atoms with E-state index in [0.29, 0.717) is 11.5 Å². The van der Waals surface area contributed by atoms with Crippen LogP contribution in [0.5, 0.6) is 0 Å². The lowest BCUT2D eigenvalue weighted by Crippen LogP contribution is -2.16. The van der Waals surface area contributed by atoms with Crippen molar-refractivity contribution in [3.63, 3.8) is 0 Å². The molecule has 1 aromatic carbocycles. The van der Waals surface area contributed by atoms with E-state index in [1.807, 2.05) is 0 Å². The molecule has 0 saturated carbocycles. The van der Waals surface area contributed by atoms with Gasteiger partial charge < -0.3 is 10.7 Å². The molecule has 1 aromatic heterocycles. The number of nitrogens with two attached hydrogens (primary N) is 1. The smallest absolute Gasteiger partial charge is 0.282 e. The summed E-state index contributed by atoms with van der Waals surface area (Å²) in [5.41, 5.74) is 3.09. The van der Waals surface area contributed by atoms with Crippen molar-refractivity contribution in [1.82, 2.24) is 4.98 Å². The number of carbonyl (C=O) groups is 1. The summed E-state index contributed by atoms with van der Waals surface area (Å²) in [6.07, 6.45) is 1.52. The fourth-order valence-corrected chi connectivity index (χ4v) is 1.76. The average molecular weight is 287 g/mol. The Labute approximate surface area is 120 Å². The molecule has 0 aliphatic heterocycles. The van der Waals surface area contributed by atoms with E-state index in [9.17, 15) is 14.9 Å². The molecule has 108 valence electrons. The van der Waals surface area contributed by atoms with Crippen molar-refractivity contribution < 1.29 is 9.72 Å². The van der Waals surface area contributed by atoms with E-state index in [4.69, 9.17) is 5.84 Å². The number of rotatable bonds is 4. The minimum absolute atomic E-state index is 0.0968. The number of nitro groups is 1. The third-order valence-electron chi connectivity index (χ3n) is 2.85. The van der Waals surface area contributed by atoms with Crippen molar-refractivity contribution in [2.24, 2.45) is 5.84 Å². The van der Waals surface area contributed by atoms with E-state index in [0.717, 1.165) is 5.56 Å². The number of pyridine rings is 1. The first kappa shape index (κ1) is 14.4. The maximum atomic E-state index is 12.2. The van der Waals surface area contributed by atoms with Crippen LogP contribution in [0.25, 0.3) is 0 Å². The number of hydrazine groups is 1. The first-order valence-electron chi connectivity index (χ1n) is 6.01. The maximum Gasteiger partial charge on any atom is 0.282 e. The molecule has 0 saturated heterocycles. The molecule has 0 atom stereocenters. The molecule has 2 aromatic rings. The first-order chi connectivity index (χ1) is 10.0. The summed E-state index contributed by atoms with van der Waals surface area (Å²) in [4.78, 5) is 26.6. The highest BCUT2D eigenvalue weighted by atomic mass is 16.6. The van der Waals surface area contributed by atoms with Gasteiger partial charge in [-0.25, -0.2) is 4.98 Å². The Morgan fingerprint density at radius 2 is 2.14 bits per heavy atom. The molecule has 2 rings (SSSR count). The highest BCUT2D eigenvalue weighted by Gasteiger charge is 2.21. The van der Waals surface area contributed by atoms with Crippen molar-refractivity contribution in [3.05, 3.63) is 57.8 Å². The third-order valence-corrected chi connectivity index (χ3v) is 2.85. The molecule has 21 heavy (non-hydrogen) atoms. The summed E-state index contributed by atoms with van der Waals surface area (Å²) in [6, 6.07) is 7.45. The fourth-order valence-electron chi connectivity index (χ4n) is 1.76. The molecular formula is C13H13N5O3. The monoisotopic (exact) mass is 287 g/mol. The average Bonchev–Trinajstić information content (AvgIpc) is 2.48. The quantitative estimate of drug-likeness (QED) is 0.448. The van der Waals surface area contributed by atoms with E-state index in [2.05, 4.69) is 15.7 Å². The number of anilines is 2. The third kappa shape index (κ3) is 3.12. The number of nitrogen functional groups attached to an aromatic ring is 1. The van der Waals surface area contributed by atoms with Gasteiger partial charge in [0, 0.05) is 18.0 Å². The topological polar surface area (TPSA) is 123 Å². The molecule has 4 N–H and O–H groups in total. The Morgan fingerprint density at radius 3 is 2.76 bits per heavy atom. The molecule has 0 fully saturated rings. The number of nitrogens with one attached hydrogen (secondary N) is 2. The molecule has 0 radical (unpaired) electrons. The fraction of sp³-hybridized carbons (Fsp3) is 0.0769. The molecule has 0 aliphatic rings. The lowest BCUT2D eigenvalue weighted by atomic mass is 10.1. The SMILES string of the molecule is Cc1cccnc1NC(=O)c1cc(NN)ccc1[N+](=O)[O-]. The standard InChI is InChI=1S/C13H13N5O3/c1-8-3-2-6-15-12(8)16-13(19)10-7-9(17-14)4-5-11(10)18(20)21/h2-7,17H,14H2,1H3,(H,15,16,19). The van der Waals surface area contributed by atoms with Crippen LogP contribution in [0.2, 0.25) is 0 Å². The van der Waals surface area contributed by atoms with E-state index in [1.54, 1.807) is 19.1 Å². The molecule has 8 heteroatoms. The van der Waals surface area contributed by atoms with Gasteiger partial charge in [0.2, 0.25) is 0 Å². The van der Waals surface area contributed by atoms with E-state index in [1.165, 1.54) is 24.4 Å². The Kier molecular flexibility index (Phi) is 4.10. The Balaban J connectivity index is 2.38. The van der Waals surface area contributed by atoms with Gasteiger partial charge in [0.15, 0.2) is 0 Å². The highest BCUT2D eigenvalue weighted by molar-refractivity contribution is 6.07. The van der Waals surface area contributed by atoms with Crippen LogP contribution >= 0.6 is 0 Å². The summed E-state index contributed by atoms with van der Waals surface area (Å²) in [5.74, 6) is 4.98. The number of hydrogen-bond acceptors (Lipinski definition) is 6. The Bertz CT molecular complexity index is 702. The summed E-state index contributed by atoms with van der Waals surface area (Å²) < 4.78 is 0. The summed E-state index contributed by atoms with van der Waals surface area (Å²) in [7, 11) is 0. The van der Waals surface area contributed by atoms with Gasteiger partial charge in [-0.3, -0.25) is 20.8 Å². The summed E-state index contributed by atoms with van der Waals surface area (Å²) >= 11 is 0. The van der Waals surface area contributed by atoms with Crippen LogP contribution in [-0.2, 0) is 0 Å². The first-order valence-corrected chi connectivity index (χ1v) is 6.01. The predicted molar refractivity (Wildman–Crippen MR) is 77.8 cm³/mol. The zero-order chi connectivity index (χ0) is 15.4. The largest absolute Gasteiger partial charge is 0.324 e. The predicted octanol–water partition coefficient (Wildman–Crippen LogP) is 1.84. The van der Waals surface area contributed by atoms with Crippen molar-refractivity contribution in [1.29, 1.82) is 0 Å². The molecular weight excluding hydrogens is 274 g/mol. The molecule has 0 aliphatic carbocycles. The van der Waals surface area contributed by atoms with Crippen molar-refractivity contribution >= 4 is 23.1 Å². The van der Waals surface area contributed by atoms with Crippen LogP contribution < -0.4 is 16.6 Å². The van der Waals surface area contributed by atoms with Crippen LogP contribution in [0, 0.1) is 17.0 Å². The minimum atomic E-state index is -0.625. The van der Waals surface area contributed by atoms with Gasteiger partial charge in [-0.1, -0.05) is 6.07 Å². The van der Waals surface area contributed by atoms with Gasteiger partial charge in [-0.15, -0.1) is 0 Å². The van der Waals surface area contributed by atoms with Crippen molar-refractivity contribution in [2.45, 2.75) is 6.92 Å². The number of carbonyl (C=O) groups excluding carboxylic acids is 1. The molecule has 0 unspecified atom stereocenters. The molecule has 1 amide bonds. The van der Waals surface area contributed by atoms with Crippen LogP contribution in [0.3, 0.4) is 0 Å². The molecule has 0 spiro atoms. The van der Waals surface area contributed by atoms with Gasteiger partial charge in [0.1, 0.15) is 11.4 Å². The van der Waals surface area contributed by atoms with Gasteiger partial charge in [-0.05, 0) is 30.7 Å². The van der Waals surface area contributed by atoms with Gasteiger partial charge in [0.25, 0.3) is 11.6 Å². The lowest BCUT2D eigenvalue weighted by molar-refractivity contribution is -0.385. The van der Waals surface area contributed by atoms with Gasteiger partial charge in [-0.2, -0.15) is 0 Å². The van der Waals surface area contributed by atoms with E-state index in [-0.39, 0.29) is 11.3 Å². The van der Waals surface area contributed by atoms with Crippen LogP contribution in [-0.4, -0.2) is 15.8 Å². The van der Waals surface area contributed by atoms with E-state index >= 15 is 0 Å². The molecule has 1 heterocycles. The molecule has 0 bridgehead atoms. The van der Waals surface area contributed by atoms with Crippen LogP contribution in [0.4, 0.5) is 17.2 Å². The number of hydrogen-bond donors (Lipinski definition) is 3. The van der Waals surface area contributed by atoms with Crippen LogP contribution in [0.1, 0.15) is 15.9 Å². The Hall–Kier alpha value is -3.00. The number of nitro benzene ring substituents is 1. The lowest BCUT2D eigenvalue weighted by Gasteiger charge is -2.08.